The highest BCUT2D eigenvalue weighted by Crippen LogP contribution is 2.77. The van der Waals surface area contributed by atoms with Crippen LogP contribution in [0.15, 0.2) is 17.1 Å². The molecule has 5 fully saturated rings. The summed E-state index contributed by atoms with van der Waals surface area (Å²) in [7, 11) is -0.359. The van der Waals surface area contributed by atoms with Crippen LogP contribution in [0.3, 0.4) is 0 Å². The molecule has 304 valence electrons. The van der Waals surface area contributed by atoms with E-state index in [2.05, 4.69) is 88.2 Å². The molecule has 0 N–H and O–H groups in total. The Kier molecular flexibility index (Phi) is 13.1. The predicted octanol–water partition coefficient (Wildman–Crippen LogP) is 13.8. The number of hydrogen-bond acceptors (Lipinski definition) is 4. The lowest BCUT2D eigenvalue weighted by molar-refractivity contribution is -0.242. The topological polar surface area (TPSA) is 47.9 Å². The summed E-state index contributed by atoms with van der Waals surface area (Å²) in [4.78, 5) is 16.6. The molecule has 4 nitrogen and oxygen atoms in total. The lowest BCUT2D eigenvalue weighted by Gasteiger charge is -2.73. The summed E-state index contributed by atoms with van der Waals surface area (Å²) in [6.07, 6.45) is 26.7. The Hall–Kier alpha value is -0.943. The third kappa shape index (κ3) is 7.98. The minimum Gasteiger partial charge on any atom is -0.469 e. The minimum atomic E-state index is -1.84. The number of fused-ring (bicyclic) bond motifs is 7. The summed E-state index contributed by atoms with van der Waals surface area (Å²) in [6, 6.07) is 0. The number of carbonyl (C=O) groups excluding carboxylic acids is 1. The fourth-order valence-electron chi connectivity index (χ4n) is 14.0. The van der Waals surface area contributed by atoms with Gasteiger partial charge in [-0.3, -0.25) is 9.79 Å². The highest BCUT2D eigenvalue weighted by atomic mass is 28.4. The summed E-state index contributed by atoms with van der Waals surface area (Å²) in [5.41, 5.74) is 3.07. The number of nitrogens with zero attached hydrogens (tertiary/aromatic N) is 1. The van der Waals surface area contributed by atoms with Crippen molar-refractivity contribution < 1.29 is 14.0 Å². The van der Waals surface area contributed by atoms with Crippen LogP contribution in [-0.2, 0) is 14.0 Å². The second-order valence-corrected chi connectivity index (χ2v) is 27.1. The molecule has 10 atom stereocenters. The zero-order chi connectivity index (χ0) is 39.1. The lowest BCUT2D eigenvalue weighted by atomic mass is 9.32. The van der Waals surface area contributed by atoms with Crippen molar-refractivity contribution in [3.05, 3.63) is 12.2 Å². The molecule has 0 saturated heterocycles. The number of carbonyl (C=O) groups is 1. The average molecular weight is 752 g/mol. The quantitative estimate of drug-likeness (QED) is 0.0550. The average Bonchev–Trinajstić information content (AvgIpc) is 3.46. The number of methoxy groups -OCH3 is 1. The molecular weight excluding hydrogens is 667 g/mol. The molecule has 5 rings (SSSR count). The van der Waals surface area contributed by atoms with E-state index in [-0.39, 0.29) is 21.8 Å². The van der Waals surface area contributed by atoms with Gasteiger partial charge in [0.15, 0.2) is 8.32 Å². The maximum Gasteiger partial charge on any atom is 0.305 e. The van der Waals surface area contributed by atoms with Crippen LogP contribution in [0.2, 0.25) is 18.1 Å². The van der Waals surface area contributed by atoms with Gasteiger partial charge < -0.3 is 9.16 Å². The number of esters is 1. The molecule has 0 spiro atoms. The Morgan fingerprint density at radius 1 is 0.792 bits per heavy atom. The van der Waals surface area contributed by atoms with E-state index in [1.807, 2.05) is 0 Å². The van der Waals surface area contributed by atoms with Crippen molar-refractivity contribution in [3.8, 4) is 0 Å². The Morgan fingerprint density at radius 2 is 1.43 bits per heavy atom. The summed E-state index contributed by atoms with van der Waals surface area (Å²) in [6.45, 7) is 33.7. The van der Waals surface area contributed by atoms with Crippen LogP contribution in [0.1, 0.15) is 184 Å². The van der Waals surface area contributed by atoms with Gasteiger partial charge in [-0.25, -0.2) is 0 Å². The molecule has 53 heavy (non-hydrogen) atoms. The van der Waals surface area contributed by atoms with Crippen molar-refractivity contribution in [2.24, 2.45) is 61.7 Å². The van der Waals surface area contributed by atoms with Crippen molar-refractivity contribution in [1.29, 1.82) is 0 Å². The molecule has 5 saturated carbocycles. The summed E-state index contributed by atoms with van der Waals surface area (Å²) in [5.74, 6) is 3.58. The fourth-order valence-corrected chi connectivity index (χ4v) is 15.5. The van der Waals surface area contributed by atoms with Crippen molar-refractivity contribution in [2.45, 2.75) is 209 Å². The van der Waals surface area contributed by atoms with Gasteiger partial charge in [-0.1, -0.05) is 106 Å². The van der Waals surface area contributed by atoms with Gasteiger partial charge in [-0.15, -0.1) is 0 Å². The molecule has 0 unspecified atom stereocenters. The van der Waals surface area contributed by atoms with Crippen LogP contribution in [0.25, 0.3) is 0 Å². The lowest BCUT2D eigenvalue weighted by Crippen LogP contribution is -2.67. The van der Waals surface area contributed by atoms with E-state index < -0.39 is 8.32 Å². The van der Waals surface area contributed by atoms with Gasteiger partial charge in [0.25, 0.3) is 0 Å². The fraction of sp³-hybridized carbons (Fsp3) is 0.917. The standard InChI is InChI=1S/C48H85NO3Si/c1-35(2)36-25-30-48(34-49-33-21-19-17-15-14-16-18-20-22-41(50)51-11)32-31-46(9)37(42(36)48)23-24-39-45(8)28-27-40(52-53(12,13)43(3,4)5)44(6,7)38(45)26-29-47(39,46)10/h34,36-40,42H,1,14-33H2,2-13H3/t36-,37+,38-,39+,40-,42+,45-,46+,47+,48+/m0/s1. The van der Waals surface area contributed by atoms with Gasteiger partial charge in [0, 0.05) is 24.6 Å². The second kappa shape index (κ2) is 16.1. The highest BCUT2D eigenvalue weighted by molar-refractivity contribution is 6.74. The molecule has 0 aromatic rings. The van der Waals surface area contributed by atoms with E-state index >= 15 is 0 Å². The summed E-state index contributed by atoms with van der Waals surface area (Å²) >= 11 is 0. The van der Waals surface area contributed by atoms with Crippen LogP contribution in [0, 0.1) is 56.7 Å². The van der Waals surface area contributed by atoms with Crippen LogP contribution < -0.4 is 0 Å². The van der Waals surface area contributed by atoms with Crippen LogP contribution in [0.5, 0.6) is 0 Å². The van der Waals surface area contributed by atoms with Gasteiger partial charge >= 0.3 is 5.97 Å². The largest absolute Gasteiger partial charge is 0.469 e. The number of hydrogen-bond donors (Lipinski definition) is 0. The Bertz CT molecular complexity index is 1310. The molecule has 0 aromatic carbocycles. The third-order valence-corrected chi connectivity index (χ3v) is 22.8. The maximum absolute atomic E-state index is 11.3. The number of ether oxygens (including phenoxy) is 1. The van der Waals surface area contributed by atoms with E-state index in [4.69, 9.17) is 14.2 Å². The molecule has 5 heteroatoms. The monoisotopic (exact) mass is 752 g/mol. The Labute approximate surface area is 329 Å². The molecule has 0 heterocycles. The SMILES string of the molecule is C=C(C)[C@@H]1CC[C@]2(C=NCCCCCCCCCCC(=O)OC)CC[C@]3(C)[C@H](CC[C@@H]4[C@@]5(C)CC[C@H](O[Si](C)(C)C(C)(C)C)C(C)(C)[C@@H]5CC[C@]43C)[C@@H]12. The first-order valence-corrected chi connectivity index (χ1v) is 25.5. The first-order valence-electron chi connectivity index (χ1n) is 22.6. The van der Waals surface area contributed by atoms with Gasteiger partial charge in [-0.05, 0) is 153 Å². The van der Waals surface area contributed by atoms with E-state index in [1.54, 1.807) is 0 Å². The zero-order valence-electron chi connectivity index (χ0n) is 37.1. The Balaban J connectivity index is 1.24. The van der Waals surface area contributed by atoms with Crippen molar-refractivity contribution >= 4 is 20.5 Å². The number of rotatable bonds is 15. The van der Waals surface area contributed by atoms with Crippen LogP contribution >= 0.6 is 0 Å². The number of allylic oxidation sites excluding steroid dienone is 1. The van der Waals surface area contributed by atoms with E-state index in [0.29, 0.717) is 40.6 Å². The number of unbranched alkanes of at least 4 members (excludes halogenated alkanes) is 7. The van der Waals surface area contributed by atoms with E-state index in [9.17, 15) is 4.79 Å². The Morgan fingerprint density at radius 3 is 2.06 bits per heavy atom. The minimum absolute atomic E-state index is 0.0741. The molecule has 0 radical (unpaired) electrons. The molecular formula is C48H85NO3Si. The van der Waals surface area contributed by atoms with Crippen LogP contribution in [-0.4, -0.2) is 40.3 Å². The van der Waals surface area contributed by atoms with Gasteiger partial charge in [0.2, 0.25) is 0 Å². The molecule has 5 aliphatic carbocycles. The first-order chi connectivity index (χ1) is 24.7. The predicted molar refractivity (Wildman–Crippen MR) is 228 cm³/mol. The number of aliphatic imine (C=N–C) groups is 1. The molecule has 5 aliphatic rings. The second-order valence-electron chi connectivity index (χ2n) is 22.3. The van der Waals surface area contributed by atoms with Crippen molar-refractivity contribution in [2.75, 3.05) is 13.7 Å². The van der Waals surface area contributed by atoms with Crippen LogP contribution in [0.4, 0.5) is 0 Å². The first kappa shape index (κ1) is 43.2. The van der Waals surface area contributed by atoms with Gasteiger partial charge in [-0.2, -0.15) is 0 Å². The highest BCUT2D eigenvalue weighted by Gasteiger charge is 2.71. The summed E-state index contributed by atoms with van der Waals surface area (Å²) in [5, 5.41) is 0.250. The van der Waals surface area contributed by atoms with E-state index in [1.165, 1.54) is 115 Å². The van der Waals surface area contributed by atoms with Crippen molar-refractivity contribution in [1.82, 2.24) is 0 Å². The van der Waals surface area contributed by atoms with Crippen molar-refractivity contribution in [3.63, 3.8) is 0 Å². The third-order valence-electron chi connectivity index (χ3n) is 18.3. The molecule has 0 bridgehead atoms. The molecule has 0 aromatic heterocycles. The molecule has 0 amide bonds. The van der Waals surface area contributed by atoms with Gasteiger partial charge in [0.05, 0.1) is 13.2 Å². The van der Waals surface area contributed by atoms with Gasteiger partial charge in [0.1, 0.15) is 0 Å². The maximum atomic E-state index is 11.3. The molecule has 0 aliphatic heterocycles. The van der Waals surface area contributed by atoms with E-state index in [0.717, 1.165) is 37.1 Å². The summed E-state index contributed by atoms with van der Waals surface area (Å²) < 4.78 is 12.1. The smallest absolute Gasteiger partial charge is 0.305 e. The zero-order valence-corrected chi connectivity index (χ0v) is 38.1. The normalized spacial score (nSPS) is 39.5.